The summed E-state index contributed by atoms with van der Waals surface area (Å²) in [6.07, 6.45) is 0. The number of phenols is 1. The molecule has 0 heterocycles. The fraction of sp³-hybridized carbons (Fsp3) is 0.143. The molecule has 0 aliphatic rings. The summed E-state index contributed by atoms with van der Waals surface area (Å²) in [6.45, 7) is 1.80. The van der Waals surface area contributed by atoms with Crippen molar-refractivity contribution in [2.75, 3.05) is 5.32 Å². The van der Waals surface area contributed by atoms with Crippen molar-refractivity contribution in [2.45, 2.75) is 13.0 Å². The molecule has 0 aliphatic carbocycles. The summed E-state index contributed by atoms with van der Waals surface area (Å²) in [4.78, 5) is 0. The van der Waals surface area contributed by atoms with Gasteiger partial charge in [0.2, 0.25) is 0 Å². The summed E-state index contributed by atoms with van der Waals surface area (Å²) in [5.74, 6) is -0.576. The van der Waals surface area contributed by atoms with Gasteiger partial charge in [0.25, 0.3) is 0 Å². The second kappa shape index (κ2) is 5.68. The van der Waals surface area contributed by atoms with Crippen molar-refractivity contribution in [3.8, 4) is 5.75 Å². The summed E-state index contributed by atoms with van der Waals surface area (Å²) < 4.78 is 13.7. The Morgan fingerprint density at radius 1 is 1.16 bits per heavy atom. The lowest BCUT2D eigenvalue weighted by Gasteiger charge is -2.17. The average Bonchev–Trinajstić information content (AvgIpc) is 2.33. The van der Waals surface area contributed by atoms with E-state index in [9.17, 15) is 9.50 Å². The lowest BCUT2D eigenvalue weighted by Crippen LogP contribution is -2.08. The fourth-order valence-electron chi connectivity index (χ4n) is 1.79. The molecule has 0 saturated heterocycles. The van der Waals surface area contributed by atoms with Crippen LogP contribution in [0.5, 0.6) is 5.75 Å². The van der Waals surface area contributed by atoms with Crippen LogP contribution in [0.2, 0.25) is 10.0 Å². The molecular formula is C14H12Cl2FNO. The van der Waals surface area contributed by atoms with E-state index in [4.69, 9.17) is 23.2 Å². The van der Waals surface area contributed by atoms with Gasteiger partial charge in [-0.25, -0.2) is 4.39 Å². The van der Waals surface area contributed by atoms with Crippen LogP contribution < -0.4 is 5.32 Å². The monoisotopic (exact) mass is 299 g/mol. The molecule has 0 aromatic heterocycles. The van der Waals surface area contributed by atoms with E-state index in [1.807, 2.05) is 0 Å². The molecule has 0 fully saturated rings. The lowest BCUT2D eigenvalue weighted by atomic mass is 10.1. The van der Waals surface area contributed by atoms with E-state index in [1.54, 1.807) is 25.1 Å². The number of anilines is 1. The van der Waals surface area contributed by atoms with Gasteiger partial charge in [0, 0.05) is 16.7 Å². The highest BCUT2D eigenvalue weighted by Crippen LogP contribution is 2.30. The van der Waals surface area contributed by atoms with Crippen LogP contribution in [0.25, 0.3) is 0 Å². The molecule has 1 unspecified atom stereocenters. The van der Waals surface area contributed by atoms with Gasteiger partial charge in [-0.3, -0.25) is 0 Å². The molecule has 0 radical (unpaired) electrons. The molecule has 0 bridgehead atoms. The largest absolute Gasteiger partial charge is 0.508 e. The molecule has 0 aliphatic heterocycles. The van der Waals surface area contributed by atoms with E-state index in [1.165, 1.54) is 12.1 Å². The molecule has 0 saturated carbocycles. The minimum Gasteiger partial charge on any atom is -0.508 e. The Kier molecular flexibility index (Phi) is 4.17. The molecule has 0 spiro atoms. The Balaban J connectivity index is 2.25. The molecule has 0 amide bonds. The van der Waals surface area contributed by atoms with E-state index in [0.717, 1.165) is 6.07 Å². The predicted molar refractivity (Wildman–Crippen MR) is 76.6 cm³/mol. The van der Waals surface area contributed by atoms with Crippen molar-refractivity contribution in [3.05, 3.63) is 57.8 Å². The number of benzene rings is 2. The van der Waals surface area contributed by atoms with E-state index in [0.29, 0.717) is 21.3 Å². The van der Waals surface area contributed by atoms with Crippen LogP contribution >= 0.6 is 23.2 Å². The van der Waals surface area contributed by atoms with Crippen molar-refractivity contribution >= 4 is 28.9 Å². The second-order valence-electron chi connectivity index (χ2n) is 4.20. The standard InChI is InChI=1S/C14H12Cl2FNO/c1-8(11-4-3-10(19)7-13(11)17)18-14-6-9(15)2-5-12(14)16/h2-8,18-19H,1H3. The van der Waals surface area contributed by atoms with Gasteiger partial charge in [-0.05, 0) is 31.2 Å². The van der Waals surface area contributed by atoms with Crippen LogP contribution in [-0.4, -0.2) is 5.11 Å². The van der Waals surface area contributed by atoms with Crippen LogP contribution in [0, 0.1) is 5.82 Å². The first kappa shape index (κ1) is 14.0. The van der Waals surface area contributed by atoms with Crippen molar-refractivity contribution < 1.29 is 9.50 Å². The quantitative estimate of drug-likeness (QED) is 0.835. The third-order valence-corrected chi connectivity index (χ3v) is 3.32. The molecule has 19 heavy (non-hydrogen) atoms. The minimum atomic E-state index is -0.474. The molecule has 2 nitrogen and oxygen atoms in total. The van der Waals surface area contributed by atoms with E-state index in [2.05, 4.69) is 5.32 Å². The normalized spacial score (nSPS) is 12.2. The number of aromatic hydroxyl groups is 1. The molecule has 1 atom stereocenters. The average molecular weight is 300 g/mol. The van der Waals surface area contributed by atoms with Gasteiger partial charge in [0.15, 0.2) is 0 Å². The highest BCUT2D eigenvalue weighted by molar-refractivity contribution is 6.35. The van der Waals surface area contributed by atoms with Crippen LogP contribution in [-0.2, 0) is 0 Å². The topological polar surface area (TPSA) is 32.3 Å². The molecular weight excluding hydrogens is 288 g/mol. The Labute approximate surface area is 120 Å². The number of hydrogen-bond donors (Lipinski definition) is 2. The zero-order valence-corrected chi connectivity index (χ0v) is 11.6. The molecule has 2 aromatic rings. The Bertz CT molecular complexity index is 604. The minimum absolute atomic E-state index is 0.103. The van der Waals surface area contributed by atoms with Crippen molar-refractivity contribution in [1.82, 2.24) is 0 Å². The third kappa shape index (κ3) is 3.31. The zero-order chi connectivity index (χ0) is 14.0. The van der Waals surface area contributed by atoms with Crippen LogP contribution in [0.15, 0.2) is 36.4 Å². The van der Waals surface area contributed by atoms with E-state index >= 15 is 0 Å². The third-order valence-electron chi connectivity index (χ3n) is 2.75. The first-order valence-corrected chi connectivity index (χ1v) is 6.43. The molecule has 100 valence electrons. The van der Waals surface area contributed by atoms with Crippen LogP contribution in [0.3, 0.4) is 0 Å². The second-order valence-corrected chi connectivity index (χ2v) is 5.04. The Hall–Kier alpha value is -1.45. The number of halogens is 3. The van der Waals surface area contributed by atoms with Gasteiger partial charge in [0.05, 0.1) is 16.8 Å². The maximum Gasteiger partial charge on any atom is 0.132 e. The summed E-state index contributed by atoms with van der Waals surface area (Å²) in [6, 6.07) is 8.77. The lowest BCUT2D eigenvalue weighted by molar-refractivity contribution is 0.467. The Morgan fingerprint density at radius 2 is 1.89 bits per heavy atom. The summed E-state index contributed by atoms with van der Waals surface area (Å²) >= 11 is 11.9. The first-order valence-electron chi connectivity index (χ1n) is 5.67. The number of rotatable bonds is 3. The number of hydrogen-bond acceptors (Lipinski definition) is 2. The fourth-order valence-corrected chi connectivity index (χ4v) is 2.13. The molecule has 5 heteroatoms. The van der Waals surface area contributed by atoms with Crippen molar-refractivity contribution in [2.24, 2.45) is 0 Å². The van der Waals surface area contributed by atoms with Crippen molar-refractivity contribution in [1.29, 1.82) is 0 Å². The van der Waals surface area contributed by atoms with Crippen LogP contribution in [0.1, 0.15) is 18.5 Å². The summed E-state index contributed by atoms with van der Waals surface area (Å²) in [7, 11) is 0. The van der Waals surface area contributed by atoms with Gasteiger partial charge < -0.3 is 10.4 Å². The van der Waals surface area contributed by atoms with Crippen molar-refractivity contribution in [3.63, 3.8) is 0 Å². The highest BCUT2D eigenvalue weighted by Gasteiger charge is 2.13. The number of nitrogens with one attached hydrogen (secondary N) is 1. The summed E-state index contributed by atoms with van der Waals surface area (Å²) in [5.41, 5.74) is 1.07. The van der Waals surface area contributed by atoms with Gasteiger partial charge in [-0.15, -0.1) is 0 Å². The maximum atomic E-state index is 13.7. The summed E-state index contributed by atoms with van der Waals surface area (Å²) in [5, 5.41) is 13.3. The molecule has 2 rings (SSSR count). The smallest absolute Gasteiger partial charge is 0.132 e. The van der Waals surface area contributed by atoms with E-state index in [-0.39, 0.29) is 11.8 Å². The Morgan fingerprint density at radius 3 is 2.58 bits per heavy atom. The first-order chi connectivity index (χ1) is 8.97. The zero-order valence-electron chi connectivity index (χ0n) is 10.1. The SMILES string of the molecule is CC(Nc1cc(Cl)ccc1Cl)c1ccc(O)cc1F. The predicted octanol–water partition coefficient (Wildman–Crippen LogP) is 5.01. The maximum absolute atomic E-state index is 13.7. The van der Waals surface area contributed by atoms with Crippen LogP contribution in [0.4, 0.5) is 10.1 Å². The van der Waals surface area contributed by atoms with Gasteiger partial charge in [-0.2, -0.15) is 0 Å². The highest BCUT2D eigenvalue weighted by atomic mass is 35.5. The van der Waals surface area contributed by atoms with E-state index < -0.39 is 5.82 Å². The molecule has 2 aromatic carbocycles. The van der Waals surface area contributed by atoms with Gasteiger partial charge in [0.1, 0.15) is 11.6 Å². The molecule has 2 N–H and O–H groups in total. The van der Waals surface area contributed by atoms with Gasteiger partial charge >= 0.3 is 0 Å². The number of phenolic OH excluding ortho intramolecular Hbond substituents is 1. The van der Waals surface area contributed by atoms with Gasteiger partial charge in [-0.1, -0.05) is 29.3 Å².